The van der Waals surface area contributed by atoms with E-state index in [1.54, 1.807) is 18.2 Å². The average Bonchev–Trinajstić information content (AvgIpc) is 2.34. The third-order valence-electron chi connectivity index (χ3n) is 2.67. The number of nitrogen functional groups attached to an aromatic ring is 1. The van der Waals surface area contributed by atoms with Crippen molar-refractivity contribution < 1.29 is 14.3 Å². The number of nitrogens with two attached hydrogens (primary N) is 2. The van der Waals surface area contributed by atoms with Crippen molar-refractivity contribution in [2.45, 2.75) is 19.9 Å². The van der Waals surface area contributed by atoms with Gasteiger partial charge in [-0.15, -0.1) is 0 Å². The molecular formula is C13H19N3O3. The molecule has 0 saturated heterocycles. The number of rotatable bonds is 5. The van der Waals surface area contributed by atoms with E-state index in [1.807, 2.05) is 13.8 Å². The van der Waals surface area contributed by atoms with Gasteiger partial charge in [-0.3, -0.25) is 9.59 Å². The Morgan fingerprint density at radius 3 is 2.47 bits per heavy atom. The molecule has 0 atom stereocenters. The molecule has 0 aliphatic rings. The van der Waals surface area contributed by atoms with E-state index in [4.69, 9.17) is 16.2 Å². The summed E-state index contributed by atoms with van der Waals surface area (Å²) in [6, 6.07) is 4.60. The number of amides is 2. The van der Waals surface area contributed by atoms with Crippen LogP contribution in [-0.2, 0) is 4.79 Å². The van der Waals surface area contributed by atoms with Crippen LogP contribution < -0.4 is 16.2 Å². The van der Waals surface area contributed by atoms with Crippen LogP contribution in [0.2, 0.25) is 0 Å². The highest BCUT2D eigenvalue weighted by molar-refractivity contribution is 5.99. The molecule has 0 aliphatic heterocycles. The van der Waals surface area contributed by atoms with Crippen molar-refractivity contribution in [2.24, 2.45) is 5.73 Å². The fourth-order valence-electron chi connectivity index (χ4n) is 1.70. The molecule has 1 rings (SSSR count). The summed E-state index contributed by atoms with van der Waals surface area (Å²) >= 11 is 0. The standard InChI is InChI=1S/C13H19N3O3/c1-8(2)16(7-12(15)17)13(18)10-5-4-9(14)6-11(10)19-3/h4-6,8H,7,14H2,1-3H3,(H2,15,17). The number of carbonyl (C=O) groups is 2. The Hall–Kier alpha value is -2.24. The Bertz CT molecular complexity index is 486. The lowest BCUT2D eigenvalue weighted by molar-refractivity contribution is -0.119. The first-order valence-electron chi connectivity index (χ1n) is 5.89. The Kier molecular flexibility index (Phi) is 4.74. The second kappa shape index (κ2) is 6.08. The number of anilines is 1. The van der Waals surface area contributed by atoms with Crippen LogP contribution in [0.4, 0.5) is 5.69 Å². The van der Waals surface area contributed by atoms with Gasteiger partial charge in [0.05, 0.1) is 19.2 Å². The molecule has 0 radical (unpaired) electrons. The van der Waals surface area contributed by atoms with Crippen LogP contribution >= 0.6 is 0 Å². The normalized spacial score (nSPS) is 10.3. The van der Waals surface area contributed by atoms with Crippen LogP contribution in [0, 0.1) is 0 Å². The highest BCUT2D eigenvalue weighted by Gasteiger charge is 2.23. The van der Waals surface area contributed by atoms with E-state index >= 15 is 0 Å². The van der Waals surface area contributed by atoms with Gasteiger partial charge in [0.2, 0.25) is 5.91 Å². The summed E-state index contributed by atoms with van der Waals surface area (Å²) < 4.78 is 5.14. The van der Waals surface area contributed by atoms with Crippen molar-refractivity contribution in [1.82, 2.24) is 4.90 Å². The van der Waals surface area contributed by atoms with Crippen LogP contribution in [-0.4, -0.2) is 36.4 Å². The number of ether oxygens (including phenoxy) is 1. The lowest BCUT2D eigenvalue weighted by Crippen LogP contribution is -2.42. The highest BCUT2D eigenvalue weighted by Crippen LogP contribution is 2.23. The monoisotopic (exact) mass is 265 g/mol. The van der Waals surface area contributed by atoms with Crippen molar-refractivity contribution >= 4 is 17.5 Å². The smallest absolute Gasteiger partial charge is 0.258 e. The van der Waals surface area contributed by atoms with Crippen LogP contribution in [0.15, 0.2) is 18.2 Å². The highest BCUT2D eigenvalue weighted by atomic mass is 16.5. The van der Waals surface area contributed by atoms with Crippen LogP contribution in [0.5, 0.6) is 5.75 Å². The molecule has 6 nitrogen and oxygen atoms in total. The second-order valence-electron chi connectivity index (χ2n) is 4.45. The van der Waals surface area contributed by atoms with E-state index in [1.165, 1.54) is 12.0 Å². The molecule has 0 saturated carbocycles. The van der Waals surface area contributed by atoms with Gasteiger partial charge in [-0.2, -0.15) is 0 Å². The molecular weight excluding hydrogens is 246 g/mol. The molecule has 0 heterocycles. The summed E-state index contributed by atoms with van der Waals surface area (Å²) in [7, 11) is 1.46. The Morgan fingerprint density at radius 1 is 1.37 bits per heavy atom. The van der Waals surface area contributed by atoms with E-state index in [0.717, 1.165) is 0 Å². The van der Waals surface area contributed by atoms with Gasteiger partial charge in [-0.1, -0.05) is 0 Å². The SMILES string of the molecule is COc1cc(N)ccc1C(=O)N(CC(N)=O)C(C)C. The van der Waals surface area contributed by atoms with Gasteiger partial charge in [0.1, 0.15) is 5.75 Å². The van der Waals surface area contributed by atoms with Gasteiger partial charge < -0.3 is 21.1 Å². The minimum absolute atomic E-state index is 0.135. The van der Waals surface area contributed by atoms with Crippen LogP contribution in [0.25, 0.3) is 0 Å². The third kappa shape index (κ3) is 3.61. The van der Waals surface area contributed by atoms with Gasteiger partial charge in [0.15, 0.2) is 0 Å². The minimum Gasteiger partial charge on any atom is -0.496 e. The number of carbonyl (C=O) groups excluding carboxylic acids is 2. The Labute approximate surface area is 112 Å². The third-order valence-corrected chi connectivity index (χ3v) is 2.67. The molecule has 0 aromatic heterocycles. The fourth-order valence-corrected chi connectivity index (χ4v) is 1.70. The molecule has 0 bridgehead atoms. The Balaban J connectivity index is 3.12. The molecule has 1 aromatic carbocycles. The number of nitrogens with zero attached hydrogens (tertiary/aromatic N) is 1. The topological polar surface area (TPSA) is 98.7 Å². The van der Waals surface area contributed by atoms with Gasteiger partial charge in [0, 0.05) is 17.8 Å². The number of primary amides is 1. The zero-order valence-electron chi connectivity index (χ0n) is 11.3. The summed E-state index contributed by atoms with van der Waals surface area (Å²) in [6.07, 6.45) is 0. The molecule has 0 aliphatic carbocycles. The predicted octanol–water partition coefficient (Wildman–Crippen LogP) is 0.613. The molecule has 6 heteroatoms. The maximum Gasteiger partial charge on any atom is 0.258 e. The van der Waals surface area contributed by atoms with Gasteiger partial charge in [0.25, 0.3) is 5.91 Å². The number of hydrogen-bond donors (Lipinski definition) is 2. The first kappa shape index (κ1) is 14.8. The van der Waals surface area contributed by atoms with Crippen molar-refractivity contribution in [3.63, 3.8) is 0 Å². The summed E-state index contributed by atoms with van der Waals surface area (Å²) in [5, 5.41) is 0. The maximum absolute atomic E-state index is 12.4. The Morgan fingerprint density at radius 2 is 2.00 bits per heavy atom. The largest absolute Gasteiger partial charge is 0.496 e. The molecule has 0 unspecified atom stereocenters. The first-order chi connectivity index (χ1) is 8.86. The lowest BCUT2D eigenvalue weighted by atomic mass is 10.1. The molecule has 0 spiro atoms. The zero-order valence-corrected chi connectivity index (χ0v) is 11.3. The van der Waals surface area contributed by atoms with E-state index < -0.39 is 5.91 Å². The van der Waals surface area contributed by atoms with Crippen LogP contribution in [0.1, 0.15) is 24.2 Å². The van der Waals surface area contributed by atoms with Crippen molar-refractivity contribution in [1.29, 1.82) is 0 Å². The minimum atomic E-state index is -0.559. The quantitative estimate of drug-likeness (QED) is 0.762. The van der Waals surface area contributed by atoms with E-state index in [-0.39, 0.29) is 18.5 Å². The number of hydrogen-bond acceptors (Lipinski definition) is 4. The van der Waals surface area contributed by atoms with Gasteiger partial charge >= 0.3 is 0 Å². The van der Waals surface area contributed by atoms with E-state index in [2.05, 4.69) is 0 Å². The number of methoxy groups -OCH3 is 1. The zero-order chi connectivity index (χ0) is 14.6. The number of benzene rings is 1. The summed E-state index contributed by atoms with van der Waals surface area (Å²) in [6.45, 7) is 3.49. The van der Waals surface area contributed by atoms with Gasteiger partial charge in [-0.05, 0) is 26.0 Å². The van der Waals surface area contributed by atoms with E-state index in [9.17, 15) is 9.59 Å². The summed E-state index contributed by atoms with van der Waals surface area (Å²) in [5.41, 5.74) is 11.7. The van der Waals surface area contributed by atoms with Crippen molar-refractivity contribution in [3.8, 4) is 5.75 Å². The summed E-state index contributed by atoms with van der Waals surface area (Å²) in [4.78, 5) is 24.8. The van der Waals surface area contributed by atoms with Crippen LogP contribution in [0.3, 0.4) is 0 Å². The predicted molar refractivity (Wildman–Crippen MR) is 72.8 cm³/mol. The molecule has 1 aromatic rings. The molecule has 0 fully saturated rings. The second-order valence-corrected chi connectivity index (χ2v) is 4.45. The average molecular weight is 265 g/mol. The molecule has 4 N–H and O–H groups in total. The lowest BCUT2D eigenvalue weighted by Gasteiger charge is -2.26. The van der Waals surface area contributed by atoms with E-state index in [0.29, 0.717) is 17.0 Å². The first-order valence-corrected chi connectivity index (χ1v) is 5.89. The van der Waals surface area contributed by atoms with Gasteiger partial charge in [-0.25, -0.2) is 0 Å². The van der Waals surface area contributed by atoms with Crippen molar-refractivity contribution in [2.75, 3.05) is 19.4 Å². The van der Waals surface area contributed by atoms with Crippen molar-refractivity contribution in [3.05, 3.63) is 23.8 Å². The molecule has 19 heavy (non-hydrogen) atoms. The molecule has 104 valence electrons. The summed E-state index contributed by atoms with van der Waals surface area (Å²) in [5.74, 6) is -0.498. The maximum atomic E-state index is 12.4. The molecule has 2 amide bonds. The fraction of sp³-hybridized carbons (Fsp3) is 0.385.